The van der Waals surface area contributed by atoms with Gasteiger partial charge in [0.15, 0.2) is 0 Å². The zero-order chi connectivity index (χ0) is 13.5. The number of rotatable bonds is 2. The Morgan fingerprint density at radius 1 is 1.28 bits per heavy atom. The van der Waals surface area contributed by atoms with Crippen LogP contribution in [0.15, 0.2) is 35.2 Å². The van der Waals surface area contributed by atoms with Gasteiger partial charge in [0, 0.05) is 11.5 Å². The summed E-state index contributed by atoms with van der Waals surface area (Å²) in [5, 5.41) is 10.6. The fourth-order valence-electron chi connectivity index (χ4n) is 1.66. The minimum absolute atomic E-state index is 0.135. The van der Waals surface area contributed by atoms with Gasteiger partial charge >= 0.3 is 0 Å². The van der Waals surface area contributed by atoms with Crippen LogP contribution in [0.3, 0.4) is 0 Å². The van der Waals surface area contributed by atoms with E-state index < -0.39 is 30.6 Å². The largest absolute Gasteiger partial charge is 0.296 e. The number of benzene rings is 2. The maximum absolute atomic E-state index is 11.3. The van der Waals surface area contributed by atoms with Crippen molar-refractivity contribution in [2.45, 2.75) is 4.90 Å². The molecule has 1 N–H and O–H groups in total. The zero-order valence-corrected chi connectivity index (χ0v) is 10.3. The Balaban J connectivity index is 3.05. The molecule has 0 atom stereocenters. The molecule has 6 nitrogen and oxygen atoms in total. The first-order valence-electron chi connectivity index (χ1n) is 4.65. The second-order valence-electron chi connectivity index (χ2n) is 3.49. The number of halogens is 1. The maximum atomic E-state index is 11.3. The van der Waals surface area contributed by atoms with Crippen molar-refractivity contribution in [2.75, 3.05) is 0 Å². The van der Waals surface area contributed by atoms with Crippen molar-refractivity contribution in [3.8, 4) is 0 Å². The van der Waals surface area contributed by atoms with Gasteiger partial charge in [-0.15, -0.1) is 0 Å². The molecule has 0 amide bonds. The molecule has 0 aromatic heterocycles. The molecule has 0 spiro atoms. The molecule has 2 aromatic rings. The molecule has 0 fully saturated rings. The molecule has 0 radical (unpaired) electrons. The third-order valence-electron chi connectivity index (χ3n) is 2.38. The fraction of sp³-hybridized carbons (Fsp3) is 0. The molecule has 94 valence electrons. The van der Waals surface area contributed by atoms with Crippen LogP contribution in [0.2, 0.25) is 5.02 Å². The second kappa shape index (κ2) is 4.20. The van der Waals surface area contributed by atoms with Crippen molar-refractivity contribution in [3.63, 3.8) is 0 Å². The summed E-state index contributed by atoms with van der Waals surface area (Å²) in [5.41, 5.74) is -0.567. The molecule has 0 bridgehead atoms. The van der Waals surface area contributed by atoms with Gasteiger partial charge in [0.2, 0.25) is 0 Å². The fourth-order valence-corrected chi connectivity index (χ4v) is 2.97. The Hall–Kier alpha value is -1.70. The number of hydrogen-bond donors (Lipinski definition) is 1. The topological polar surface area (TPSA) is 97.5 Å². The minimum atomic E-state index is -4.65. The number of nitro groups is 1. The van der Waals surface area contributed by atoms with Crippen molar-refractivity contribution in [1.82, 2.24) is 0 Å². The standard InChI is InChI=1S/C10H6ClNO5S/c11-9-8(12(13)14)5-6-3-1-2-4-7(6)10(9)18(15,16)17/h1-5H,(H,15,16,17). The van der Waals surface area contributed by atoms with Gasteiger partial charge < -0.3 is 0 Å². The van der Waals surface area contributed by atoms with Crippen LogP contribution in [0.25, 0.3) is 10.8 Å². The minimum Gasteiger partial charge on any atom is -0.282 e. The first-order chi connectivity index (χ1) is 8.32. The van der Waals surface area contributed by atoms with E-state index in [1.807, 2.05) is 0 Å². The monoisotopic (exact) mass is 287 g/mol. The van der Waals surface area contributed by atoms with Gasteiger partial charge in [-0.2, -0.15) is 8.42 Å². The Labute approximate surface area is 107 Å². The van der Waals surface area contributed by atoms with E-state index in [4.69, 9.17) is 16.2 Å². The van der Waals surface area contributed by atoms with E-state index in [0.29, 0.717) is 5.39 Å². The van der Waals surface area contributed by atoms with Gasteiger partial charge in [-0.1, -0.05) is 35.9 Å². The smallest absolute Gasteiger partial charge is 0.282 e. The van der Waals surface area contributed by atoms with E-state index in [0.717, 1.165) is 6.07 Å². The highest BCUT2D eigenvalue weighted by Crippen LogP contribution is 2.37. The second-order valence-corrected chi connectivity index (χ2v) is 5.23. The summed E-state index contributed by atoms with van der Waals surface area (Å²) >= 11 is 5.69. The molecule has 0 heterocycles. The molecule has 0 saturated carbocycles. The highest BCUT2D eigenvalue weighted by Gasteiger charge is 2.26. The SMILES string of the molecule is O=[N+]([O-])c1cc2ccccc2c(S(=O)(=O)O)c1Cl. The summed E-state index contributed by atoms with van der Waals surface area (Å²) in [4.78, 5) is 9.34. The van der Waals surface area contributed by atoms with E-state index in [1.54, 1.807) is 12.1 Å². The third kappa shape index (κ3) is 2.03. The van der Waals surface area contributed by atoms with Crippen molar-refractivity contribution < 1.29 is 17.9 Å². The van der Waals surface area contributed by atoms with E-state index in [1.165, 1.54) is 12.1 Å². The molecule has 0 saturated heterocycles. The Bertz CT molecular complexity index is 756. The molecule has 0 aliphatic carbocycles. The van der Waals surface area contributed by atoms with Gasteiger partial charge in [0.05, 0.1) is 4.92 Å². The summed E-state index contributed by atoms with van der Waals surface area (Å²) in [6, 6.07) is 7.20. The predicted molar refractivity (Wildman–Crippen MR) is 65.4 cm³/mol. The van der Waals surface area contributed by atoms with Gasteiger partial charge in [-0.3, -0.25) is 14.7 Å². The predicted octanol–water partition coefficient (Wildman–Crippen LogP) is 2.65. The molecular formula is C10H6ClNO5S. The Morgan fingerprint density at radius 2 is 1.89 bits per heavy atom. The normalized spacial score (nSPS) is 11.7. The number of fused-ring (bicyclic) bond motifs is 1. The van der Waals surface area contributed by atoms with Crippen LogP contribution in [-0.2, 0) is 10.1 Å². The summed E-state index contributed by atoms with van der Waals surface area (Å²) in [5.74, 6) is 0. The van der Waals surface area contributed by atoms with Gasteiger partial charge in [0.1, 0.15) is 9.92 Å². The van der Waals surface area contributed by atoms with Gasteiger partial charge in [0.25, 0.3) is 15.8 Å². The highest BCUT2D eigenvalue weighted by atomic mass is 35.5. The summed E-state index contributed by atoms with van der Waals surface area (Å²) in [7, 11) is -4.65. The quantitative estimate of drug-likeness (QED) is 0.520. The molecule has 18 heavy (non-hydrogen) atoms. The molecule has 2 aromatic carbocycles. The first-order valence-corrected chi connectivity index (χ1v) is 6.47. The Kier molecular flexibility index (Phi) is 2.97. The lowest BCUT2D eigenvalue weighted by atomic mass is 10.1. The van der Waals surface area contributed by atoms with Crippen LogP contribution < -0.4 is 0 Å². The average Bonchev–Trinajstić information content (AvgIpc) is 2.25. The van der Waals surface area contributed by atoms with Crippen LogP contribution in [0.5, 0.6) is 0 Å². The van der Waals surface area contributed by atoms with E-state index in [2.05, 4.69) is 0 Å². The van der Waals surface area contributed by atoms with Crippen molar-refractivity contribution >= 4 is 38.2 Å². The van der Waals surface area contributed by atoms with Crippen LogP contribution in [0, 0.1) is 10.1 Å². The van der Waals surface area contributed by atoms with Crippen LogP contribution in [-0.4, -0.2) is 17.9 Å². The molecule has 8 heteroatoms. The zero-order valence-electron chi connectivity index (χ0n) is 8.70. The van der Waals surface area contributed by atoms with E-state index in [-0.39, 0.29) is 5.39 Å². The maximum Gasteiger partial charge on any atom is 0.296 e. The number of nitrogens with zero attached hydrogens (tertiary/aromatic N) is 1. The molecule has 0 unspecified atom stereocenters. The summed E-state index contributed by atoms with van der Waals surface area (Å²) in [6.45, 7) is 0. The lowest BCUT2D eigenvalue weighted by Crippen LogP contribution is -2.02. The molecule has 0 aliphatic heterocycles. The van der Waals surface area contributed by atoms with Crippen molar-refractivity contribution in [1.29, 1.82) is 0 Å². The van der Waals surface area contributed by atoms with Gasteiger partial charge in [-0.05, 0) is 5.39 Å². The lowest BCUT2D eigenvalue weighted by Gasteiger charge is -2.06. The first kappa shape index (κ1) is 12.7. The van der Waals surface area contributed by atoms with Crippen LogP contribution in [0.4, 0.5) is 5.69 Å². The lowest BCUT2D eigenvalue weighted by molar-refractivity contribution is -0.384. The summed E-state index contributed by atoms with van der Waals surface area (Å²) in [6.07, 6.45) is 0. The highest BCUT2D eigenvalue weighted by molar-refractivity contribution is 7.86. The van der Waals surface area contributed by atoms with Crippen molar-refractivity contribution in [3.05, 3.63) is 45.5 Å². The van der Waals surface area contributed by atoms with Crippen LogP contribution in [0.1, 0.15) is 0 Å². The number of nitro benzene ring substituents is 1. The number of hydrogen-bond acceptors (Lipinski definition) is 4. The summed E-state index contributed by atoms with van der Waals surface area (Å²) < 4.78 is 31.7. The molecule has 2 rings (SSSR count). The third-order valence-corrected chi connectivity index (χ3v) is 3.81. The molecular weight excluding hydrogens is 282 g/mol. The Morgan fingerprint density at radius 3 is 2.44 bits per heavy atom. The molecule has 0 aliphatic rings. The van der Waals surface area contributed by atoms with Crippen LogP contribution >= 0.6 is 11.6 Å². The average molecular weight is 288 g/mol. The van der Waals surface area contributed by atoms with E-state index in [9.17, 15) is 18.5 Å². The van der Waals surface area contributed by atoms with Crippen molar-refractivity contribution in [2.24, 2.45) is 0 Å². The van der Waals surface area contributed by atoms with E-state index >= 15 is 0 Å². The van der Waals surface area contributed by atoms with Gasteiger partial charge in [-0.25, -0.2) is 0 Å².